The Hall–Kier alpha value is -2.90. The predicted molar refractivity (Wildman–Crippen MR) is 100 cm³/mol. The number of methoxy groups -OCH3 is 1. The Balaban J connectivity index is 1.68. The van der Waals surface area contributed by atoms with Crippen LogP contribution in [0.15, 0.2) is 16.9 Å². The topological polar surface area (TPSA) is 93.5 Å². The standard InChI is InChI=1S/C19H22N4O4/c1-9-5-11(10(2)24)15-12(6-9)17(25)22(3)18(20-15)23-7-13-14(8-23)16(13)21-19(26)27-4/h5-6,13-14,16H,7-8H2,1-4H3,(H,21,26)/t13-,14+,16?. The van der Waals surface area contributed by atoms with Gasteiger partial charge < -0.3 is 15.0 Å². The van der Waals surface area contributed by atoms with Crippen LogP contribution in [0, 0.1) is 18.8 Å². The zero-order chi connectivity index (χ0) is 19.5. The molecule has 0 bridgehead atoms. The largest absolute Gasteiger partial charge is 0.453 e. The second-order valence-electron chi connectivity index (χ2n) is 7.44. The Morgan fingerprint density at radius 3 is 2.52 bits per heavy atom. The van der Waals surface area contributed by atoms with Crippen molar-refractivity contribution in [2.75, 3.05) is 25.1 Å². The summed E-state index contributed by atoms with van der Waals surface area (Å²) in [4.78, 5) is 43.1. The van der Waals surface area contributed by atoms with Crippen LogP contribution in [-0.4, -0.2) is 47.7 Å². The van der Waals surface area contributed by atoms with Crippen molar-refractivity contribution in [3.8, 4) is 0 Å². The van der Waals surface area contributed by atoms with Gasteiger partial charge in [0.05, 0.1) is 18.0 Å². The molecule has 2 fully saturated rings. The molecule has 0 spiro atoms. The van der Waals surface area contributed by atoms with Gasteiger partial charge in [-0.2, -0.15) is 0 Å². The molecule has 27 heavy (non-hydrogen) atoms. The second kappa shape index (κ2) is 6.07. The Morgan fingerprint density at radius 1 is 1.26 bits per heavy atom. The summed E-state index contributed by atoms with van der Waals surface area (Å²) in [6, 6.07) is 3.67. The molecule has 1 aromatic heterocycles. The van der Waals surface area contributed by atoms with Crippen molar-refractivity contribution in [1.29, 1.82) is 0 Å². The number of carbonyl (C=O) groups excluding carboxylic acids is 2. The number of hydrogen-bond donors (Lipinski definition) is 1. The highest BCUT2D eigenvalue weighted by molar-refractivity contribution is 6.05. The van der Waals surface area contributed by atoms with Gasteiger partial charge in [-0.1, -0.05) is 0 Å². The normalized spacial score (nSPS) is 23.3. The van der Waals surface area contributed by atoms with E-state index in [1.54, 1.807) is 23.7 Å². The molecule has 142 valence electrons. The number of aryl methyl sites for hydroxylation is 1. The van der Waals surface area contributed by atoms with Crippen molar-refractivity contribution < 1.29 is 14.3 Å². The molecule has 1 N–H and O–H groups in total. The lowest BCUT2D eigenvalue weighted by atomic mass is 10.0. The first-order valence-electron chi connectivity index (χ1n) is 8.93. The quantitative estimate of drug-likeness (QED) is 0.817. The van der Waals surface area contributed by atoms with E-state index in [0.29, 0.717) is 47.3 Å². The molecule has 0 radical (unpaired) electrons. The van der Waals surface area contributed by atoms with E-state index in [-0.39, 0.29) is 17.4 Å². The van der Waals surface area contributed by atoms with E-state index in [1.807, 2.05) is 6.92 Å². The number of rotatable bonds is 3. The summed E-state index contributed by atoms with van der Waals surface area (Å²) < 4.78 is 6.19. The Kier molecular flexibility index (Phi) is 3.94. The molecule has 1 unspecified atom stereocenters. The van der Waals surface area contributed by atoms with E-state index in [2.05, 4.69) is 15.0 Å². The van der Waals surface area contributed by atoms with Gasteiger partial charge in [-0.25, -0.2) is 9.78 Å². The molecule has 4 rings (SSSR count). The highest BCUT2D eigenvalue weighted by Gasteiger charge is 2.57. The molecule has 2 aliphatic rings. The summed E-state index contributed by atoms with van der Waals surface area (Å²) in [5.74, 6) is 1.09. The summed E-state index contributed by atoms with van der Waals surface area (Å²) in [6.07, 6.45) is -0.418. The van der Waals surface area contributed by atoms with Crippen LogP contribution in [0.5, 0.6) is 0 Å². The zero-order valence-electron chi connectivity index (χ0n) is 15.8. The van der Waals surface area contributed by atoms with Gasteiger partial charge in [0.15, 0.2) is 5.78 Å². The minimum absolute atomic E-state index is 0.109. The Morgan fingerprint density at radius 2 is 1.93 bits per heavy atom. The smallest absolute Gasteiger partial charge is 0.407 e. The summed E-state index contributed by atoms with van der Waals surface area (Å²) in [5.41, 5.74) is 1.62. The van der Waals surface area contributed by atoms with Gasteiger partial charge in [0, 0.05) is 43.6 Å². The number of hydrogen-bond acceptors (Lipinski definition) is 6. The van der Waals surface area contributed by atoms with Crippen molar-refractivity contribution in [1.82, 2.24) is 14.9 Å². The maximum Gasteiger partial charge on any atom is 0.407 e. The van der Waals surface area contributed by atoms with Crippen molar-refractivity contribution >= 4 is 28.7 Å². The van der Waals surface area contributed by atoms with Crippen molar-refractivity contribution in [3.05, 3.63) is 33.6 Å². The average Bonchev–Trinajstić information content (AvgIpc) is 3.06. The molecule has 8 nitrogen and oxygen atoms in total. The summed E-state index contributed by atoms with van der Waals surface area (Å²) in [7, 11) is 3.05. The molecule has 8 heteroatoms. The molecule has 2 aromatic rings. The maximum absolute atomic E-state index is 12.9. The van der Waals surface area contributed by atoms with Crippen LogP contribution in [0.1, 0.15) is 22.8 Å². The van der Waals surface area contributed by atoms with Crippen LogP contribution >= 0.6 is 0 Å². The van der Waals surface area contributed by atoms with Gasteiger partial charge in [0.2, 0.25) is 5.95 Å². The molecule has 2 heterocycles. The number of nitrogens with zero attached hydrogens (tertiary/aromatic N) is 3. The fourth-order valence-corrected chi connectivity index (χ4v) is 4.16. The number of Topliss-reactive ketones (excluding diaryl/α,β-unsaturated/α-hetero) is 1. The highest BCUT2D eigenvalue weighted by atomic mass is 16.5. The minimum Gasteiger partial charge on any atom is -0.453 e. The predicted octanol–water partition coefficient (Wildman–Crippen LogP) is 1.24. The zero-order valence-corrected chi connectivity index (χ0v) is 15.8. The van der Waals surface area contributed by atoms with E-state index in [9.17, 15) is 14.4 Å². The number of ether oxygens (including phenoxy) is 1. The molecule has 1 aliphatic heterocycles. The summed E-state index contributed by atoms with van der Waals surface area (Å²) in [6.45, 7) is 4.75. The van der Waals surface area contributed by atoms with Gasteiger partial charge in [0.1, 0.15) is 0 Å². The maximum atomic E-state index is 12.9. The first kappa shape index (κ1) is 17.5. The lowest BCUT2D eigenvalue weighted by Gasteiger charge is -2.23. The van der Waals surface area contributed by atoms with Gasteiger partial charge >= 0.3 is 6.09 Å². The number of nitrogens with one attached hydrogen (secondary N) is 1. The molecular weight excluding hydrogens is 348 g/mol. The Labute approximate surface area is 156 Å². The molecule has 1 amide bonds. The number of amides is 1. The third-order valence-corrected chi connectivity index (χ3v) is 5.63. The lowest BCUT2D eigenvalue weighted by Crippen LogP contribution is -2.37. The first-order chi connectivity index (χ1) is 12.8. The van der Waals surface area contributed by atoms with E-state index in [1.165, 1.54) is 14.0 Å². The van der Waals surface area contributed by atoms with Gasteiger partial charge in [-0.3, -0.25) is 14.2 Å². The SMILES string of the molecule is COC(=O)NC1[C@H]2CN(c3nc4c(C(C)=O)cc(C)cc4c(=O)n3C)C[C@@H]12. The number of anilines is 1. The molecule has 1 aliphatic carbocycles. The Bertz CT molecular complexity index is 1020. The third kappa shape index (κ3) is 2.75. The van der Waals surface area contributed by atoms with Crippen molar-refractivity contribution in [3.63, 3.8) is 0 Å². The summed E-state index contributed by atoms with van der Waals surface area (Å²) in [5, 5.41) is 3.30. The van der Waals surface area contributed by atoms with Crippen LogP contribution in [0.4, 0.5) is 10.7 Å². The fourth-order valence-electron chi connectivity index (χ4n) is 4.16. The van der Waals surface area contributed by atoms with Crippen molar-refractivity contribution in [2.45, 2.75) is 19.9 Å². The van der Waals surface area contributed by atoms with E-state index < -0.39 is 6.09 Å². The average molecular weight is 370 g/mol. The number of alkyl carbamates (subject to hydrolysis) is 1. The third-order valence-electron chi connectivity index (χ3n) is 5.63. The molecule has 1 aromatic carbocycles. The summed E-state index contributed by atoms with van der Waals surface area (Å²) >= 11 is 0. The van der Waals surface area contributed by atoms with Gasteiger partial charge in [0.25, 0.3) is 5.56 Å². The van der Waals surface area contributed by atoms with Crippen molar-refractivity contribution in [2.24, 2.45) is 18.9 Å². The first-order valence-corrected chi connectivity index (χ1v) is 8.93. The lowest BCUT2D eigenvalue weighted by molar-refractivity contribution is 0.101. The molecule has 3 atom stereocenters. The second-order valence-corrected chi connectivity index (χ2v) is 7.44. The number of ketones is 1. The fraction of sp³-hybridized carbons (Fsp3) is 0.474. The van der Waals surface area contributed by atoms with E-state index in [0.717, 1.165) is 5.56 Å². The molecular formula is C19H22N4O4. The number of fused-ring (bicyclic) bond motifs is 2. The van der Waals surface area contributed by atoms with E-state index in [4.69, 9.17) is 4.98 Å². The van der Waals surface area contributed by atoms with Crippen LogP contribution in [0.25, 0.3) is 10.9 Å². The van der Waals surface area contributed by atoms with E-state index >= 15 is 0 Å². The van der Waals surface area contributed by atoms with Gasteiger partial charge in [-0.05, 0) is 31.5 Å². The van der Waals surface area contributed by atoms with Crippen LogP contribution in [0.2, 0.25) is 0 Å². The number of aromatic nitrogens is 2. The number of carbonyl (C=O) groups is 2. The van der Waals surface area contributed by atoms with Crippen LogP contribution in [-0.2, 0) is 11.8 Å². The minimum atomic E-state index is -0.418. The monoisotopic (exact) mass is 370 g/mol. The number of piperidine rings is 1. The molecule has 1 saturated heterocycles. The van der Waals surface area contributed by atoms with Gasteiger partial charge in [-0.15, -0.1) is 0 Å². The number of benzene rings is 1. The highest BCUT2D eigenvalue weighted by Crippen LogP contribution is 2.46. The van der Waals surface area contributed by atoms with Crippen LogP contribution < -0.4 is 15.8 Å². The molecule has 1 saturated carbocycles. The van der Waals surface area contributed by atoms with Crippen LogP contribution in [0.3, 0.4) is 0 Å².